The maximum Gasteiger partial charge on any atom is 0.240 e. The highest BCUT2D eigenvalue weighted by Gasteiger charge is 2.23. The Morgan fingerprint density at radius 1 is 1.48 bits per heavy atom. The minimum absolute atomic E-state index is 0. The van der Waals surface area contributed by atoms with Crippen LogP contribution in [0.3, 0.4) is 0 Å². The molecule has 1 aromatic carbocycles. The fourth-order valence-corrected chi connectivity index (χ4v) is 3.99. The zero-order valence-corrected chi connectivity index (χ0v) is 16.0. The number of amides is 1. The summed E-state index contributed by atoms with van der Waals surface area (Å²) in [6.07, 6.45) is 1.09. The quantitative estimate of drug-likeness (QED) is 0.720. The van der Waals surface area contributed by atoms with Crippen molar-refractivity contribution < 1.29 is 13.2 Å². The summed E-state index contributed by atoms with van der Waals surface area (Å²) in [5, 5.41) is 3.21. The van der Waals surface area contributed by atoms with Crippen LogP contribution < -0.4 is 10.0 Å². The van der Waals surface area contributed by atoms with E-state index in [1.165, 1.54) is 12.1 Å². The molecule has 1 fully saturated rings. The van der Waals surface area contributed by atoms with Crippen LogP contribution in [0.15, 0.2) is 33.6 Å². The normalized spacial score (nSPS) is 17.6. The zero-order chi connectivity index (χ0) is 16.2. The standard InChI is InChI=1S/C14H20BrN3O3S.ClH/c1-18(12-5-7-16-10-12)14(19)6-8-17-22(20,21)13-4-2-3-11(15)9-13;/h2-4,9,12,16-17H,5-8,10H2,1H3;1H. The minimum atomic E-state index is -3.59. The lowest BCUT2D eigenvalue weighted by atomic mass is 10.2. The number of nitrogens with one attached hydrogen (secondary N) is 2. The third kappa shape index (κ3) is 5.72. The van der Waals surface area contributed by atoms with Gasteiger partial charge in [0.05, 0.1) is 4.90 Å². The van der Waals surface area contributed by atoms with E-state index in [1.54, 1.807) is 24.1 Å². The first-order valence-electron chi connectivity index (χ1n) is 7.12. The number of hydrogen-bond donors (Lipinski definition) is 2. The van der Waals surface area contributed by atoms with E-state index in [9.17, 15) is 13.2 Å². The van der Waals surface area contributed by atoms with Crippen LogP contribution in [0.2, 0.25) is 0 Å². The smallest absolute Gasteiger partial charge is 0.240 e. The molecule has 2 N–H and O–H groups in total. The molecule has 1 heterocycles. The van der Waals surface area contributed by atoms with Crippen molar-refractivity contribution in [3.63, 3.8) is 0 Å². The number of rotatable bonds is 6. The monoisotopic (exact) mass is 425 g/mol. The van der Waals surface area contributed by atoms with E-state index in [4.69, 9.17) is 0 Å². The Morgan fingerprint density at radius 2 is 2.22 bits per heavy atom. The highest BCUT2D eigenvalue weighted by molar-refractivity contribution is 9.10. The van der Waals surface area contributed by atoms with Gasteiger partial charge in [-0.05, 0) is 31.2 Å². The van der Waals surface area contributed by atoms with Gasteiger partial charge in [0, 0.05) is 37.1 Å². The Bertz CT molecular complexity index is 636. The maximum absolute atomic E-state index is 12.1. The number of likely N-dealkylation sites (N-methyl/N-ethyl adjacent to an activating group) is 1. The van der Waals surface area contributed by atoms with Crippen molar-refractivity contribution >= 4 is 44.3 Å². The Morgan fingerprint density at radius 3 is 2.83 bits per heavy atom. The summed E-state index contributed by atoms with van der Waals surface area (Å²) in [6.45, 7) is 1.81. The molecule has 1 aliphatic heterocycles. The van der Waals surface area contributed by atoms with Gasteiger partial charge in [-0.15, -0.1) is 12.4 Å². The molecule has 1 atom stereocenters. The van der Waals surface area contributed by atoms with Gasteiger partial charge in [0.15, 0.2) is 0 Å². The molecule has 9 heteroatoms. The summed E-state index contributed by atoms with van der Waals surface area (Å²) in [6, 6.07) is 6.66. The number of hydrogen-bond acceptors (Lipinski definition) is 4. The Balaban J connectivity index is 0.00000264. The van der Waals surface area contributed by atoms with Gasteiger partial charge in [-0.3, -0.25) is 4.79 Å². The summed E-state index contributed by atoms with van der Waals surface area (Å²) in [7, 11) is -1.82. The second kappa shape index (κ2) is 8.98. The molecule has 0 bridgehead atoms. The number of sulfonamides is 1. The van der Waals surface area contributed by atoms with Crippen molar-refractivity contribution in [3.05, 3.63) is 28.7 Å². The van der Waals surface area contributed by atoms with Crippen molar-refractivity contribution in [2.45, 2.75) is 23.8 Å². The van der Waals surface area contributed by atoms with Crippen LogP contribution in [0.5, 0.6) is 0 Å². The first-order chi connectivity index (χ1) is 10.4. The maximum atomic E-state index is 12.1. The molecule has 1 aliphatic rings. The average molecular weight is 427 g/mol. The first-order valence-corrected chi connectivity index (χ1v) is 9.39. The topological polar surface area (TPSA) is 78.5 Å². The Hall–Kier alpha value is -0.670. The van der Waals surface area contributed by atoms with Gasteiger partial charge in [-0.1, -0.05) is 22.0 Å². The van der Waals surface area contributed by atoms with Crippen LogP contribution in [0, 0.1) is 0 Å². The predicted molar refractivity (Wildman–Crippen MR) is 95.2 cm³/mol. The fourth-order valence-electron chi connectivity index (χ4n) is 2.36. The van der Waals surface area contributed by atoms with E-state index in [2.05, 4.69) is 26.0 Å². The van der Waals surface area contributed by atoms with Crippen LogP contribution in [0.25, 0.3) is 0 Å². The summed E-state index contributed by atoms with van der Waals surface area (Å²) < 4.78 is 27.4. The molecule has 130 valence electrons. The predicted octanol–water partition coefficient (Wildman–Crippen LogP) is 1.36. The SMILES string of the molecule is CN(C(=O)CCNS(=O)(=O)c1cccc(Br)c1)C1CCNC1.Cl. The number of halogens is 2. The van der Waals surface area contributed by atoms with E-state index in [1.807, 2.05) is 0 Å². The van der Waals surface area contributed by atoms with Crippen molar-refractivity contribution in [1.29, 1.82) is 0 Å². The molecule has 6 nitrogen and oxygen atoms in total. The summed E-state index contributed by atoms with van der Waals surface area (Å²) >= 11 is 3.24. The molecule has 2 rings (SSSR count). The second-order valence-electron chi connectivity index (χ2n) is 5.26. The van der Waals surface area contributed by atoms with Crippen LogP contribution in [0.1, 0.15) is 12.8 Å². The molecule has 0 aliphatic carbocycles. The number of carbonyl (C=O) groups excluding carboxylic acids is 1. The van der Waals surface area contributed by atoms with Gasteiger partial charge in [-0.2, -0.15) is 0 Å². The van der Waals surface area contributed by atoms with Crippen LogP contribution >= 0.6 is 28.3 Å². The van der Waals surface area contributed by atoms with E-state index < -0.39 is 10.0 Å². The summed E-state index contributed by atoms with van der Waals surface area (Å²) in [5.74, 6) is -0.0503. The lowest BCUT2D eigenvalue weighted by Crippen LogP contribution is -2.40. The van der Waals surface area contributed by atoms with Crippen molar-refractivity contribution in [2.24, 2.45) is 0 Å². The third-order valence-corrected chi connectivity index (χ3v) is 5.66. The van der Waals surface area contributed by atoms with E-state index in [0.717, 1.165) is 19.5 Å². The van der Waals surface area contributed by atoms with Crippen LogP contribution in [-0.4, -0.2) is 51.9 Å². The molecule has 1 unspecified atom stereocenters. The number of carbonyl (C=O) groups is 1. The van der Waals surface area contributed by atoms with Crippen LogP contribution in [-0.2, 0) is 14.8 Å². The van der Waals surface area contributed by atoms with E-state index in [0.29, 0.717) is 4.47 Å². The van der Waals surface area contributed by atoms with Gasteiger partial charge >= 0.3 is 0 Å². The average Bonchev–Trinajstić information content (AvgIpc) is 3.00. The lowest BCUT2D eigenvalue weighted by Gasteiger charge is -2.23. The van der Waals surface area contributed by atoms with Gasteiger partial charge in [0.25, 0.3) is 0 Å². The van der Waals surface area contributed by atoms with Crippen LogP contribution in [0.4, 0.5) is 0 Å². The van der Waals surface area contributed by atoms with Gasteiger partial charge in [0.1, 0.15) is 0 Å². The molecule has 0 saturated carbocycles. The highest BCUT2D eigenvalue weighted by Crippen LogP contribution is 2.15. The minimum Gasteiger partial charge on any atom is -0.341 e. The molecule has 1 amide bonds. The summed E-state index contributed by atoms with van der Waals surface area (Å²) in [4.78, 5) is 13.9. The molecule has 0 radical (unpaired) electrons. The molecular weight excluding hydrogens is 406 g/mol. The van der Waals surface area contributed by atoms with Crippen molar-refractivity contribution in [3.8, 4) is 0 Å². The zero-order valence-electron chi connectivity index (χ0n) is 12.8. The molecule has 0 spiro atoms. The van der Waals surface area contributed by atoms with Gasteiger partial charge in [0.2, 0.25) is 15.9 Å². The van der Waals surface area contributed by atoms with Gasteiger partial charge < -0.3 is 10.2 Å². The van der Waals surface area contributed by atoms with Crippen molar-refractivity contribution in [2.75, 3.05) is 26.7 Å². The molecule has 0 aromatic heterocycles. The number of nitrogens with zero attached hydrogens (tertiary/aromatic N) is 1. The molecular formula is C14H21BrClN3O3S. The molecule has 23 heavy (non-hydrogen) atoms. The second-order valence-corrected chi connectivity index (χ2v) is 7.94. The molecule has 1 saturated heterocycles. The van der Waals surface area contributed by atoms with Crippen molar-refractivity contribution in [1.82, 2.24) is 14.9 Å². The fraction of sp³-hybridized carbons (Fsp3) is 0.500. The largest absolute Gasteiger partial charge is 0.341 e. The highest BCUT2D eigenvalue weighted by atomic mass is 79.9. The lowest BCUT2D eigenvalue weighted by molar-refractivity contribution is -0.131. The van der Waals surface area contributed by atoms with Gasteiger partial charge in [-0.25, -0.2) is 13.1 Å². The Kier molecular flexibility index (Phi) is 7.96. The van der Waals surface area contributed by atoms with E-state index >= 15 is 0 Å². The number of benzene rings is 1. The first kappa shape index (κ1) is 20.4. The third-order valence-electron chi connectivity index (χ3n) is 3.71. The summed E-state index contributed by atoms with van der Waals surface area (Å²) in [5.41, 5.74) is 0. The van der Waals surface area contributed by atoms with E-state index in [-0.39, 0.29) is 42.2 Å². The molecule has 1 aromatic rings. The Labute approximate surface area is 151 Å².